The van der Waals surface area contributed by atoms with Gasteiger partial charge in [0.15, 0.2) is 0 Å². The number of hydrogen-bond donors (Lipinski definition) is 2. The van der Waals surface area contributed by atoms with Crippen LogP contribution >= 0.6 is 12.6 Å². The lowest BCUT2D eigenvalue weighted by atomic mass is 10.2. The van der Waals surface area contributed by atoms with Crippen molar-refractivity contribution in [2.24, 2.45) is 0 Å². The Morgan fingerprint density at radius 2 is 2.07 bits per heavy atom. The lowest BCUT2D eigenvalue weighted by Crippen LogP contribution is -1.83. The first-order valence-corrected chi connectivity index (χ1v) is 5.26. The minimum atomic E-state index is 0.621. The van der Waals surface area contributed by atoms with Gasteiger partial charge in [-0.1, -0.05) is 0 Å². The molecule has 0 saturated heterocycles. The predicted octanol–water partition coefficient (Wildman–Crippen LogP) is 2.52. The third kappa shape index (κ3) is 2.15. The molecule has 1 aromatic heterocycles. The summed E-state index contributed by atoms with van der Waals surface area (Å²) in [7, 11) is 1.66. The zero-order chi connectivity index (χ0) is 10.7. The highest BCUT2D eigenvalue weighted by atomic mass is 32.1. The van der Waals surface area contributed by atoms with E-state index in [1.165, 1.54) is 0 Å². The molecular weight excluding hydrogens is 208 g/mol. The van der Waals surface area contributed by atoms with Crippen LogP contribution in [-0.4, -0.2) is 17.1 Å². The molecule has 15 heavy (non-hydrogen) atoms. The van der Waals surface area contributed by atoms with E-state index >= 15 is 0 Å². The van der Waals surface area contributed by atoms with Crippen molar-refractivity contribution < 1.29 is 4.74 Å². The Morgan fingerprint density at radius 3 is 2.60 bits per heavy atom. The van der Waals surface area contributed by atoms with E-state index in [2.05, 4.69) is 22.6 Å². The number of nitrogens with zero attached hydrogens (tertiary/aromatic N) is 1. The smallest absolute Gasteiger partial charge is 0.118 e. The number of ether oxygens (including phenoxy) is 1. The third-order valence-electron chi connectivity index (χ3n) is 2.18. The molecule has 0 aliphatic heterocycles. The Labute approximate surface area is 93.9 Å². The van der Waals surface area contributed by atoms with Crippen LogP contribution in [0.25, 0.3) is 11.3 Å². The molecule has 1 aromatic carbocycles. The highest BCUT2D eigenvalue weighted by Gasteiger charge is 2.01. The fourth-order valence-corrected chi connectivity index (χ4v) is 1.52. The molecule has 0 aliphatic carbocycles. The van der Waals surface area contributed by atoms with Crippen molar-refractivity contribution >= 4 is 12.6 Å². The van der Waals surface area contributed by atoms with Crippen LogP contribution in [-0.2, 0) is 5.75 Å². The second kappa shape index (κ2) is 4.40. The molecule has 2 aromatic rings. The van der Waals surface area contributed by atoms with E-state index in [1.807, 2.05) is 30.5 Å². The van der Waals surface area contributed by atoms with Gasteiger partial charge in [0, 0.05) is 5.75 Å². The van der Waals surface area contributed by atoms with E-state index in [-0.39, 0.29) is 0 Å². The summed E-state index contributed by atoms with van der Waals surface area (Å²) >= 11 is 4.15. The number of nitrogens with one attached hydrogen (secondary N) is 1. The van der Waals surface area contributed by atoms with E-state index in [9.17, 15) is 0 Å². The fourth-order valence-electron chi connectivity index (χ4n) is 1.36. The maximum Gasteiger partial charge on any atom is 0.118 e. The van der Waals surface area contributed by atoms with Crippen molar-refractivity contribution in [1.82, 2.24) is 9.97 Å². The molecule has 0 saturated carbocycles. The number of aromatic nitrogens is 2. The zero-order valence-electron chi connectivity index (χ0n) is 8.40. The normalized spacial score (nSPS) is 10.3. The average molecular weight is 220 g/mol. The lowest BCUT2D eigenvalue weighted by Gasteiger charge is -2.00. The molecule has 78 valence electrons. The van der Waals surface area contributed by atoms with Gasteiger partial charge in [-0.05, 0) is 29.8 Å². The molecule has 2 rings (SSSR count). The highest BCUT2D eigenvalue weighted by Crippen LogP contribution is 2.20. The molecule has 0 atom stereocenters. The van der Waals surface area contributed by atoms with Gasteiger partial charge in [-0.15, -0.1) is 0 Å². The van der Waals surface area contributed by atoms with Crippen LogP contribution in [0.4, 0.5) is 0 Å². The van der Waals surface area contributed by atoms with Crippen molar-refractivity contribution in [3.8, 4) is 17.0 Å². The summed E-state index contributed by atoms with van der Waals surface area (Å²) < 4.78 is 5.09. The van der Waals surface area contributed by atoms with Crippen LogP contribution in [0.3, 0.4) is 0 Å². The minimum Gasteiger partial charge on any atom is -0.497 e. The van der Waals surface area contributed by atoms with Gasteiger partial charge in [0.25, 0.3) is 0 Å². The monoisotopic (exact) mass is 220 g/mol. The van der Waals surface area contributed by atoms with E-state index in [1.54, 1.807) is 7.11 Å². The molecule has 0 bridgehead atoms. The maximum atomic E-state index is 5.09. The largest absolute Gasteiger partial charge is 0.497 e. The number of hydrogen-bond acceptors (Lipinski definition) is 3. The number of aromatic amines is 1. The zero-order valence-corrected chi connectivity index (χ0v) is 9.29. The van der Waals surface area contributed by atoms with Crippen molar-refractivity contribution in [2.75, 3.05) is 7.11 Å². The van der Waals surface area contributed by atoms with E-state index < -0.39 is 0 Å². The van der Waals surface area contributed by atoms with Gasteiger partial charge in [-0.25, -0.2) is 4.98 Å². The molecule has 0 spiro atoms. The third-order valence-corrected chi connectivity index (χ3v) is 2.48. The molecule has 3 nitrogen and oxygen atoms in total. The van der Waals surface area contributed by atoms with Gasteiger partial charge in [0.05, 0.1) is 19.0 Å². The molecule has 1 N–H and O–H groups in total. The van der Waals surface area contributed by atoms with E-state index in [0.29, 0.717) is 5.75 Å². The lowest BCUT2D eigenvalue weighted by molar-refractivity contribution is 0.415. The van der Waals surface area contributed by atoms with Crippen molar-refractivity contribution in [2.45, 2.75) is 5.75 Å². The second-order valence-electron chi connectivity index (χ2n) is 3.13. The minimum absolute atomic E-state index is 0.621. The van der Waals surface area contributed by atoms with Crippen LogP contribution in [0, 0.1) is 0 Å². The maximum absolute atomic E-state index is 5.09. The first kappa shape index (κ1) is 10.1. The topological polar surface area (TPSA) is 37.9 Å². The van der Waals surface area contributed by atoms with E-state index in [0.717, 1.165) is 22.8 Å². The first-order chi connectivity index (χ1) is 7.33. The summed E-state index contributed by atoms with van der Waals surface area (Å²) in [5.74, 6) is 2.35. The molecule has 0 fully saturated rings. The van der Waals surface area contributed by atoms with Crippen LogP contribution in [0.1, 0.15) is 5.82 Å². The second-order valence-corrected chi connectivity index (χ2v) is 3.45. The fraction of sp³-hybridized carbons (Fsp3) is 0.182. The van der Waals surface area contributed by atoms with Gasteiger partial charge < -0.3 is 9.72 Å². The molecule has 1 heterocycles. The number of methoxy groups -OCH3 is 1. The summed E-state index contributed by atoms with van der Waals surface area (Å²) in [6.45, 7) is 0. The molecule has 0 unspecified atom stereocenters. The molecule has 0 amide bonds. The van der Waals surface area contributed by atoms with Gasteiger partial charge in [-0.3, -0.25) is 0 Å². The van der Waals surface area contributed by atoms with Crippen LogP contribution in [0.5, 0.6) is 5.75 Å². The van der Waals surface area contributed by atoms with Gasteiger partial charge in [0.2, 0.25) is 0 Å². The van der Waals surface area contributed by atoms with Crippen LogP contribution in [0.15, 0.2) is 30.5 Å². The van der Waals surface area contributed by atoms with Crippen molar-refractivity contribution in [1.29, 1.82) is 0 Å². The van der Waals surface area contributed by atoms with Crippen LogP contribution < -0.4 is 4.74 Å². The molecular formula is C11H12N2OS. The summed E-state index contributed by atoms with van der Waals surface area (Å²) in [6, 6.07) is 7.84. The SMILES string of the molecule is COc1ccc(-c2cnc(CS)[nH]2)cc1. The first-order valence-electron chi connectivity index (χ1n) is 4.62. The average Bonchev–Trinajstić information content (AvgIpc) is 2.78. The summed E-state index contributed by atoms with van der Waals surface area (Å²) in [6.07, 6.45) is 1.81. The van der Waals surface area contributed by atoms with Gasteiger partial charge >= 0.3 is 0 Å². The van der Waals surface area contributed by atoms with Crippen molar-refractivity contribution in [3.63, 3.8) is 0 Å². The Morgan fingerprint density at radius 1 is 1.33 bits per heavy atom. The number of thiol groups is 1. The van der Waals surface area contributed by atoms with E-state index in [4.69, 9.17) is 4.74 Å². The number of benzene rings is 1. The van der Waals surface area contributed by atoms with Crippen LogP contribution in [0.2, 0.25) is 0 Å². The number of rotatable bonds is 3. The molecule has 4 heteroatoms. The number of H-pyrrole nitrogens is 1. The number of imidazole rings is 1. The Balaban J connectivity index is 2.28. The quantitative estimate of drug-likeness (QED) is 0.780. The summed E-state index contributed by atoms with van der Waals surface area (Å²) in [5.41, 5.74) is 2.10. The van der Waals surface area contributed by atoms with Crippen molar-refractivity contribution in [3.05, 3.63) is 36.3 Å². The Kier molecular flexibility index (Phi) is 2.97. The predicted molar refractivity (Wildman–Crippen MR) is 63.3 cm³/mol. The summed E-state index contributed by atoms with van der Waals surface area (Å²) in [4.78, 5) is 7.38. The molecule has 0 radical (unpaired) electrons. The standard InChI is InChI=1S/C11H12N2OS/c1-14-9-4-2-8(3-5-9)10-6-12-11(7-15)13-10/h2-6,15H,7H2,1H3,(H,12,13). The Hall–Kier alpha value is -1.42. The Bertz CT molecular complexity index is 436. The molecule has 0 aliphatic rings. The summed E-state index contributed by atoms with van der Waals surface area (Å²) in [5, 5.41) is 0. The van der Waals surface area contributed by atoms with Gasteiger partial charge in [0.1, 0.15) is 11.6 Å². The highest BCUT2D eigenvalue weighted by molar-refractivity contribution is 7.79. The van der Waals surface area contributed by atoms with Gasteiger partial charge in [-0.2, -0.15) is 12.6 Å².